The molecule has 0 amide bonds. The molecule has 2 unspecified atom stereocenters. The fourth-order valence-electron chi connectivity index (χ4n) is 2.88. The summed E-state index contributed by atoms with van der Waals surface area (Å²) in [6.07, 6.45) is 4.52. The van der Waals surface area contributed by atoms with Crippen LogP contribution in [0.1, 0.15) is 44.2 Å². The monoisotopic (exact) mass is 311 g/mol. The van der Waals surface area contributed by atoms with E-state index >= 15 is 0 Å². The molecule has 0 radical (unpaired) electrons. The van der Waals surface area contributed by atoms with Crippen molar-refractivity contribution in [3.05, 3.63) is 29.3 Å². The highest BCUT2D eigenvalue weighted by atomic mass is 32.2. The van der Waals surface area contributed by atoms with Gasteiger partial charge in [-0.25, -0.2) is 13.1 Å². The van der Waals surface area contributed by atoms with Crippen LogP contribution in [0.25, 0.3) is 0 Å². The van der Waals surface area contributed by atoms with Gasteiger partial charge < -0.3 is 5.11 Å². The van der Waals surface area contributed by atoms with Crippen LogP contribution in [0.15, 0.2) is 23.1 Å². The van der Waals surface area contributed by atoms with E-state index in [4.69, 9.17) is 0 Å². The third-order valence-electron chi connectivity index (χ3n) is 4.00. The molecule has 2 N–H and O–H groups in total. The van der Waals surface area contributed by atoms with Crippen molar-refractivity contribution in [3.8, 4) is 0 Å². The molecule has 4 nitrogen and oxygen atoms in total. The van der Waals surface area contributed by atoms with Crippen molar-refractivity contribution in [1.29, 1.82) is 0 Å². The Morgan fingerprint density at radius 3 is 2.52 bits per heavy atom. The summed E-state index contributed by atoms with van der Waals surface area (Å²) in [4.78, 5) is 0.354. The van der Waals surface area contributed by atoms with E-state index in [1.54, 1.807) is 13.0 Å². The van der Waals surface area contributed by atoms with Crippen LogP contribution in [0.2, 0.25) is 0 Å². The van der Waals surface area contributed by atoms with E-state index in [0.717, 1.165) is 19.3 Å². The standard InChI is InChI=1S/C16H25NO3S/c1-12(9-13(2)18)11-17-21(19,20)16-8-7-14-5-3-4-6-15(14)10-16/h7-8,10,12-13,17-18H,3-6,9,11H2,1-2H3. The molecule has 2 atom stereocenters. The number of aryl methyl sites for hydroxylation is 2. The summed E-state index contributed by atoms with van der Waals surface area (Å²) in [5, 5.41) is 9.32. The maximum atomic E-state index is 12.3. The fraction of sp³-hybridized carbons (Fsp3) is 0.625. The molecule has 118 valence electrons. The largest absolute Gasteiger partial charge is 0.393 e. The second kappa shape index (κ2) is 6.90. The summed E-state index contributed by atoms with van der Waals surface area (Å²) in [6, 6.07) is 5.46. The van der Waals surface area contributed by atoms with Gasteiger partial charge in [0.2, 0.25) is 10.0 Å². The molecule has 2 rings (SSSR count). The molecule has 5 heteroatoms. The van der Waals surface area contributed by atoms with Crippen LogP contribution >= 0.6 is 0 Å². The van der Waals surface area contributed by atoms with Crippen LogP contribution in [0.4, 0.5) is 0 Å². The van der Waals surface area contributed by atoms with E-state index in [1.165, 1.54) is 17.5 Å². The first kappa shape index (κ1) is 16.5. The van der Waals surface area contributed by atoms with Crippen molar-refractivity contribution in [2.24, 2.45) is 5.92 Å². The zero-order valence-electron chi connectivity index (χ0n) is 12.8. The van der Waals surface area contributed by atoms with Gasteiger partial charge in [0.15, 0.2) is 0 Å². The van der Waals surface area contributed by atoms with E-state index < -0.39 is 16.1 Å². The van der Waals surface area contributed by atoms with Crippen molar-refractivity contribution in [2.45, 2.75) is 57.0 Å². The van der Waals surface area contributed by atoms with Gasteiger partial charge >= 0.3 is 0 Å². The first-order chi connectivity index (χ1) is 9.88. The quantitative estimate of drug-likeness (QED) is 0.847. The lowest BCUT2D eigenvalue weighted by Crippen LogP contribution is -2.29. The summed E-state index contributed by atoms with van der Waals surface area (Å²) in [7, 11) is -3.46. The lowest BCUT2D eigenvalue weighted by atomic mass is 9.92. The summed E-state index contributed by atoms with van der Waals surface area (Å²) in [6.45, 7) is 4.00. The zero-order chi connectivity index (χ0) is 15.5. The van der Waals surface area contributed by atoms with Crippen molar-refractivity contribution in [3.63, 3.8) is 0 Å². The highest BCUT2D eigenvalue weighted by Crippen LogP contribution is 2.24. The average Bonchev–Trinajstić information content (AvgIpc) is 2.44. The second-order valence-electron chi connectivity index (χ2n) is 6.18. The molecule has 0 spiro atoms. The number of fused-ring (bicyclic) bond motifs is 1. The molecule has 0 saturated heterocycles. The maximum absolute atomic E-state index is 12.3. The molecule has 21 heavy (non-hydrogen) atoms. The van der Waals surface area contributed by atoms with Crippen molar-refractivity contribution >= 4 is 10.0 Å². The molecular weight excluding hydrogens is 286 g/mol. The molecule has 1 aliphatic rings. The van der Waals surface area contributed by atoms with Gasteiger partial charge in [-0.1, -0.05) is 13.0 Å². The lowest BCUT2D eigenvalue weighted by molar-refractivity contribution is 0.165. The van der Waals surface area contributed by atoms with Crippen LogP contribution in [0, 0.1) is 5.92 Å². The van der Waals surface area contributed by atoms with Gasteiger partial charge in [-0.05, 0) is 68.2 Å². The van der Waals surface area contributed by atoms with E-state index in [0.29, 0.717) is 17.9 Å². The van der Waals surface area contributed by atoms with Crippen molar-refractivity contribution in [2.75, 3.05) is 6.54 Å². The number of sulfonamides is 1. The van der Waals surface area contributed by atoms with Crippen LogP contribution in [-0.4, -0.2) is 26.2 Å². The van der Waals surface area contributed by atoms with Gasteiger partial charge in [0.25, 0.3) is 0 Å². The van der Waals surface area contributed by atoms with Gasteiger partial charge in [0.05, 0.1) is 11.0 Å². The Morgan fingerprint density at radius 1 is 1.19 bits per heavy atom. The molecule has 1 aromatic rings. The molecule has 0 saturated carbocycles. The SMILES string of the molecule is CC(O)CC(C)CNS(=O)(=O)c1ccc2c(c1)CCCC2. The van der Waals surface area contributed by atoms with Crippen LogP contribution in [0.5, 0.6) is 0 Å². The maximum Gasteiger partial charge on any atom is 0.240 e. The lowest BCUT2D eigenvalue weighted by Gasteiger charge is -2.18. The van der Waals surface area contributed by atoms with Gasteiger partial charge in [-0.3, -0.25) is 0 Å². The van der Waals surface area contributed by atoms with Crippen LogP contribution < -0.4 is 4.72 Å². The van der Waals surface area contributed by atoms with Gasteiger partial charge in [-0.15, -0.1) is 0 Å². The van der Waals surface area contributed by atoms with Crippen LogP contribution in [0.3, 0.4) is 0 Å². The van der Waals surface area contributed by atoms with E-state index in [9.17, 15) is 13.5 Å². The van der Waals surface area contributed by atoms with E-state index in [-0.39, 0.29) is 5.92 Å². The van der Waals surface area contributed by atoms with Gasteiger partial charge in [-0.2, -0.15) is 0 Å². The smallest absolute Gasteiger partial charge is 0.240 e. The molecule has 0 fully saturated rings. The highest BCUT2D eigenvalue weighted by molar-refractivity contribution is 7.89. The van der Waals surface area contributed by atoms with Crippen molar-refractivity contribution < 1.29 is 13.5 Å². The molecule has 1 aliphatic carbocycles. The molecular formula is C16H25NO3S. The Kier molecular flexibility index (Phi) is 5.41. The third-order valence-corrected chi connectivity index (χ3v) is 5.42. The summed E-state index contributed by atoms with van der Waals surface area (Å²) >= 11 is 0. The Balaban J connectivity index is 2.05. The Bertz CT molecular complexity index is 581. The first-order valence-electron chi connectivity index (χ1n) is 7.68. The second-order valence-corrected chi connectivity index (χ2v) is 7.95. The number of aliphatic hydroxyl groups is 1. The number of benzene rings is 1. The predicted molar refractivity (Wildman–Crippen MR) is 83.7 cm³/mol. The van der Waals surface area contributed by atoms with Crippen LogP contribution in [-0.2, 0) is 22.9 Å². The predicted octanol–water partition coefficient (Wildman–Crippen LogP) is 2.25. The van der Waals surface area contributed by atoms with Crippen molar-refractivity contribution in [1.82, 2.24) is 4.72 Å². The Hall–Kier alpha value is -0.910. The molecule has 1 aromatic carbocycles. The minimum atomic E-state index is -3.46. The molecule has 0 bridgehead atoms. The highest BCUT2D eigenvalue weighted by Gasteiger charge is 2.18. The van der Waals surface area contributed by atoms with Gasteiger partial charge in [0, 0.05) is 6.54 Å². The molecule has 0 aliphatic heterocycles. The minimum absolute atomic E-state index is 0.109. The van der Waals surface area contributed by atoms with E-state index in [1.807, 2.05) is 19.1 Å². The molecule has 0 heterocycles. The Labute approximate surface area is 127 Å². The summed E-state index contributed by atoms with van der Waals surface area (Å²) in [5.41, 5.74) is 2.45. The number of rotatable bonds is 6. The first-order valence-corrected chi connectivity index (χ1v) is 9.16. The average molecular weight is 311 g/mol. The zero-order valence-corrected chi connectivity index (χ0v) is 13.6. The van der Waals surface area contributed by atoms with Gasteiger partial charge in [0.1, 0.15) is 0 Å². The fourth-order valence-corrected chi connectivity index (χ4v) is 4.09. The third kappa shape index (κ3) is 4.53. The topological polar surface area (TPSA) is 66.4 Å². The normalized spacial score (nSPS) is 18.0. The number of nitrogens with one attached hydrogen (secondary N) is 1. The summed E-state index contributed by atoms with van der Waals surface area (Å²) in [5.74, 6) is 0.109. The van der Waals surface area contributed by atoms with E-state index in [2.05, 4.69) is 4.72 Å². The number of aliphatic hydroxyl groups excluding tert-OH is 1. The minimum Gasteiger partial charge on any atom is -0.393 e. The molecule has 0 aromatic heterocycles. The number of hydrogen-bond acceptors (Lipinski definition) is 3. The Morgan fingerprint density at radius 2 is 1.86 bits per heavy atom. The number of hydrogen-bond donors (Lipinski definition) is 2. The summed E-state index contributed by atoms with van der Waals surface area (Å²) < 4.78 is 27.3.